The van der Waals surface area contributed by atoms with Crippen molar-refractivity contribution in [1.29, 1.82) is 0 Å². The topological polar surface area (TPSA) is 29.5 Å². The van der Waals surface area contributed by atoms with Crippen molar-refractivity contribution in [3.05, 3.63) is 0 Å². The Morgan fingerprint density at radius 2 is 1.60 bits per heavy atom. The molecule has 0 aliphatic carbocycles. The Kier molecular flexibility index (Phi) is 9.73. The van der Waals surface area contributed by atoms with E-state index in [-0.39, 0.29) is 0 Å². The standard InChI is InChI=1S/C6H15OP.C5H13NO/c1-6(2)5-8(3,4)7;1-5(2)6(3)7-4/h6H,5H2,1-4H3;5H,1-4H3. The molecule has 0 N–H and O–H groups in total. The SMILES string of the molecule is CC(C)CP(C)(C)=O.CON(C)C(C)C. The van der Waals surface area contributed by atoms with E-state index in [9.17, 15) is 4.57 Å². The van der Waals surface area contributed by atoms with Gasteiger partial charge in [-0.1, -0.05) is 13.8 Å². The van der Waals surface area contributed by atoms with Crippen LogP contribution in [0, 0.1) is 5.92 Å². The van der Waals surface area contributed by atoms with Crippen LogP contribution in [0.5, 0.6) is 0 Å². The van der Waals surface area contributed by atoms with Gasteiger partial charge in [-0.05, 0) is 33.1 Å². The van der Waals surface area contributed by atoms with Gasteiger partial charge in [0.25, 0.3) is 0 Å². The van der Waals surface area contributed by atoms with Crippen LogP contribution in [-0.4, -0.2) is 44.8 Å². The molecule has 94 valence electrons. The first-order chi connectivity index (χ1) is 6.60. The summed E-state index contributed by atoms with van der Waals surface area (Å²) in [6.45, 7) is 12.0. The maximum absolute atomic E-state index is 11.0. The molecule has 0 aliphatic rings. The Labute approximate surface area is 95.5 Å². The van der Waals surface area contributed by atoms with Gasteiger partial charge in [0.05, 0.1) is 14.3 Å². The van der Waals surface area contributed by atoms with Gasteiger partial charge in [0.15, 0.2) is 0 Å². The third kappa shape index (κ3) is 16.8. The molecule has 0 aliphatic heterocycles. The Morgan fingerprint density at radius 1 is 1.20 bits per heavy atom. The van der Waals surface area contributed by atoms with Gasteiger partial charge in [-0.3, -0.25) is 0 Å². The highest BCUT2D eigenvalue weighted by atomic mass is 31.2. The lowest BCUT2D eigenvalue weighted by Gasteiger charge is -2.16. The molecule has 0 radical (unpaired) electrons. The van der Waals surface area contributed by atoms with Crippen molar-refractivity contribution in [3.8, 4) is 0 Å². The highest BCUT2D eigenvalue weighted by molar-refractivity contribution is 7.62. The van der Waals surface area contributed by atoms with E-state index in [0.717, 1.165) is 6.16 Å². The second-order valence-electron chi connectivity index (χ2n) is 4.97. The van der Waals surface area contributed by atoms with E-state index in [1.165, 1.54) is 0 Å². The molecule has 3 nitrogen and oxygen atoms in total. The van der Waals surface area contributed by atoms with Crippen LogP contribution in [0.15, 0.2) is 0 Å². The molecule has 0 rings (SSSR count). The first-order valence-corrected chi connectivity index (χ1v) is 8.19. The van der Waals surface area contributed by atoms with E-state index in [1.807, 2.05) is 20.4 Å². The first kappa shape index (κ1) is 17.5. The third-order valence-corrected chi connectivity index (χ3v) is 3.43. The first-order valence-electron chi connectivity index (χ1n) is 5.41. The molecule has 0 amide bonds. The number of rotatable bonds is 4. The minimum absolute atomic E-state index is 0.477. The minimum atomic E-state index is -1.72. The van der Waals surface area contributed by atoms with Crippen molar-refractivity contribution in [2.45, 2.75) is 33.7 Å². The van der Waals surface area contributed by atoms with E-state index >= 15 is 0 Å². The molecule has 0 saturated carbocycles. The smallest absolute Gasteiger partial charge is 0.0821 e. The van der Waals surface area contributed by atoms with Gasteiger partial charge in [-0.2, -0.15) is 5.06 Å². The third-order valence-electron chi connectivity index (χ3n) is 1.82. The fraction of sp³-hybridized carbons (Fsp3) is 1.00. The second kappa shape index (κ2) is 8.32. The van der Waals surface area contributed by atoms with Crippen molar-refractivity contribution in [2.24, 2.45) is 5.92 Å². The Balaban J connectivity index is 0. The fourth-order valence-corrected chi connectivity index (χ4v) is 2.85. The van der Waals surface area contributed by atoms with Crippen LogP contribution >= 0.6 is 7.14 Å². The summed E-state index contributed by atoms with van der Waals surface area (Å²) in [6.07, 6.45) is 0.882. The predicted molar refractivity (Wildman–Crippen MR) is 69.1 cm³/mol. The van der Waals surface area contributed by atoms with Crippen molar-refractivity contribution in [1.82, 2.24) is 5.06 Å². The highest BCUT2D eigenvalue weighted by Gasteiger charge is 2.08. The molecule has 4 heteroatoms. The summed E-state index contributed by atoms with van der Waals surface area (Å²) in [5.74, 6) is 0.579. The summed E-state index contributed by atoms with van der Waals surface area (Å²) in [5, 5.41) is 1.79. The van der Waals surface area contributed by atoms with Crippen LogP contribution in [0.1, 0.15) is 27.7 Å². The second-order valence-corrected chi connectivity index (χ2v) is 8.49. The molecule has 0 saturated heterocycles. The van der Waals surface area contributed by atoms with Crippen LogP contribution in [0.2, 0.25) is 0 Å². The van der Waals surface area contributed by atoms with Gasteiger partial charge in [0, 0.05) is 19.3 Å². The van der Waals surface area contributed by atoms with E-state index in [4.69, 9.17) is 4.84 Å². The summed E-state index contributed by atoms with van der Waals surface area (Å²) >= 11 is 0. The predicted octanol–water partition coefficient (Wildman–Crippen LogP) is 3.15. The van der Waals surface area contributed by atoms with Crippen molar-refractivity contribution in [2.75, 3.05) is 33.6 Å². The van der Waals surface area contributed by atoms with Gasteiger partial charge < -0.3 is 9.40 Å². The Morgan fingerprint density at radius 3 is 1.60 bits per heavy atom. The number of hydrogen-bond acceptors (Lipinski definition) is 3. The molecule has 0 spiro atoms. The number of nitrogens with zero attached hydrogens (tertiary/aromatic N) is 1. The van der Waals surface area contributed by atoms with Gasteiger partial charge in [0.1, 0.15) is 0 Å². The Hall–Kier alpha value is 0.150. The zero-order valence-electron chi connectivity index (χ0n) is 11.6. The molecular weight excluding hydrogens is 209 g/mol. The average molecular weight is 237 g/mol. The molecule has 0 unspecified atom stereocenters. The molecule has 0 aromatic carbocycles. The van der Waals surface area contributed by atoms with Gasteiger partial charge >= 0.3 is 0 Å². The van der Waals surface area contributed by atoms with Gasteiger partial charge in [-0.25, -0.2) is 0 Å². The summed E-state index contributed by atoms with van der Waals surface area (Å²) in [4.78, 5) is 4.84. The largest absolute Gasteiger partial charge is 0.324 e. The number of hydroxylamine groups is 2. The molecule has 0 atom stereocenters. The van der Waals surface area contributed by atoms with Crippen LogP contribution < -0.4 is 0 Å². The van der Waals surface area contributed by atoms with Crippen LogP contribution in [0.4, 0.5) is 0 Å². The van der Waals surface area contributed by atoms with Gasteiger partial charge in [0.2, 0.25) is 0 Å². The summed E-state index contributed by atoms with van der Waals surface area (Å²) < 4.78 is 11.0. The molecule has 0 fully saturated rings. The zero-order valence-corrected chi connectivity index (χ0v) is 12.5. The summed E-state index contributed by atoms with van der Waals surface area (Å²) in [6, 6.07) is 0.477. The minimum Gasteiger partial charge on any atom is -0.324 e. The summed E-state index contributed by atoms with van der Waals surface area (Å²) in [7, 11) is 1.85. The quantitative estimate of drug-likeness (QED) is 0.555. The fourth-order valence-electron chi connectivity index (χ4n) is 1.09. The van der Waals surface area contributed by atoms with E-state index in [1.54, 1.807) is 12.2 Å². The average Bonchev–Trinajstić information content (AvgIpc) is 1.99. The van der Waals surface area contributed by atoms with Crippen LogP contribution in [0.25, 0.3) is 0 Å². The normalized spacial score (nSPS) is 11.9. The maximum atomic E-state index is 11.0. The molecule has 0 aromatic heterocycles. The van der Waals surface area contributed by atoms with Crippen LogP contribution in [-0.2, 0) is 9.40 Å². The molecule has 0 heterocycles. The van der Waals surface area contributed by atoms with Crippen molar-refractivity contribution < 1.29 is 9.40 Å². The van der Waals surface area contributed by atoms with E-state index < -0.39 is 7.14 Å². The molecule has 0 aromatic rings. The maximum Gasteiger partial charge on any atom is 0.0821 e. The zero-order chi connectivity index (χ0) is 12.6. The van der Waals surface area contributed by atoms with Crippen LogP contribution in [0.3, 0.4) is 0 Å². The molecule has 15 heavy (non-hydrogen) atoms. The van der Waals surface area contributed by atoms with Gasteiger partial charge in [-0.15, -0.1) is 0 Å². The van der Waals surface area contributed by atoms with E-state index in [0.29, 0.717) is 12.0 Å². The lowest BCUT2D eigenvalue weighted by Crippen LogP contribution is -2.24. The molecule has 0 bridgehead atoms. The highest BCUT2D eigenvalue weighted by Crippen LogP contribution is 2.37. The Bertz CT molecular complexity index is 187. The lowest BCUT2D eigenvalue weighted by atomic mass is 10.3. The lowest BCUT2D eigenvalue weighted by molar-refractivity contribution is -0.131. The molecular formula is C11H28NO2P. The van der Waals surface area contributed by atoms with E-state index in [2.05, 4.69) is 27.7 Å². The number of hydrogen-bond donors (Lipinski definition) is 0. The van der Waals surface area contributed by atoms with Crippen molar-refractivity contribution >= 4 is 7.14 Å². The summed E-state index contributed by atoms with van der Waals surface area (Å²) in [5.41, 5.74) is 0. The monoisotopic (exact) mass is 237 g/mol. The van der Waals surface area contributed by atoms with Crippen molar-refractivity contribution in [3.63, 3.8) is 0 Å².